The second-order valence-electron chi connectivity index (χ2n) is 12.4. The summed E-state index contributed by atoms with van der Waals surface area (Å²) in [7, 11) is 0. The van der Waals surface area contributed by atoms with E-state index in [4.69, 9.17) is 32.7 Å². The topological polar surface area (TPSA) is 246 Å². The first-order chi connectivity index (χ1) is 24.4. The number of aliphatic hydroxyl groups excluding tert-OH is 3. The molecule has 0 amide bonds. The van der Waals surface area contributed by atoms with Crippen LogP contribution in [0, 0.1) is 0 Å². The maximum absolute atomic E-state index is 13.8. The number of rotatable bonds is 5. The second kappa shape index (κ2) is 13.8. The van der Waals surface area contributed by atoms with Crippen molar-refractivity contribution in [2.45, 2.75) is 74.9 Å². The van der Waals surface area contributed by atoms with Crippen molar-refractivity contribution in [3.63, 3.8) is 0 Å². The molecule has 8 heterocycles. The molecule has 8 rings (SSSR count). The zero-order chi connectivity index (χ0) is 35.7. The lowest BCUT2D eigenvalue weighted by molar-refractivity contribution is -0.0574. The highest BCUT2D eigenvalue weighted by Gasteiger charge is 2.53. The molecule has 3 fully saturated rings. The van der Waals surface area contributed by atoms with Crippen LogP contribution in [-0.2, 0) is 49.7 Å². The monoisotopic (exact) mass is 788 g/mol. The number of ether oxygens (including phenoxy) is 2. The largest absolute Gasteiger partial charge is 0.396 e. The first-order valence-electron chi connectivity index (χ1n) is 16.0. The summed E-state index contributed by atoms with van der Waals surface area (Å²) in [6, 6.07) is 0. The van der Waals surface area contributed by atoms with Crippen LogP contribution in [0.25, 0.3) is 22.2 Å². The van der Waals surface area contributed by atoms with Gasteiger partial charge >= 0.3 is 13.6 Å². The summed E-state index contributed by atoms with van der Waals surface area (Å²) >= 11 is 8.31. The van der Waals surface area contributed by atoms with E-state index in [9.17, 15) is 24.1 Å². The number of aryl methyl sites for hydroxylation is 2. The first kappa shape index (κ1) is 35.6. The summed E-state index contributed by atoms with van der Waals surface area (Å²) in [6.45, 7) is -8.97. The lowest BCUT2D eigenvalue weighted by Gasteiger charge is -2.26. The molecule has 3 saturated heterocycles. The third kappa shape index (κ3) is 6.58. The zero-order valence-electron chi connectivity index (χ0n) is 26.5. The number of thiol groups is 2. The number of anilines is 1. The maximum atomic E-state index is 13.8. The molecule has 4 aliphatic heterocycles. The lowest BCUT2D eigenvalue weighted by atomic mass is 10.1. The highest BCUT2D eigenvalue weighted by atomic mass is 32.7. The molecule has 0 spiro atoms. The maximum Gasteiger partial charge on any atom is 0.386 e. The van der Waals surface area contributed by atoms with Crippen LogP contribution >= 0.6 is 38.1 Å². The Kier molecular flexibility index (Phi) is 9.61. The van der Waals surface area contributed by atoms with E-state index >= 15 is 0 Å². The van der Waals surface area contributed by atoms with E-state index in [1.54, 1.807) is 10.8 Å². The van der Waals surface area contributed by atoms with Crippen molar-refractivity contribution in [2.75, 3.05) is 31.7 Å². The van der Waals surface area contributed by atoms with Crippen LogP contribution in [0.3, 0.4) is 0 Å². The number of hydrogen-bond acceptors (Lipinski definition) is 17. The summed E-state index contributed by atoms with van der Waals surface area (Å²) in [5.41, 5.74) is 0.972. The van der Waals surface area contributed by atoms with Gasteiger partial charge in [-0.15, -0.1) is 0 Å². The fraction of sp³-hybridized carbons (Fsp3) is 0.593. The zero-order valence-corrected chi connectivity index (χ0v) is 30.1. The van der Waals surface area contributed by atoms with Gasteiger partial charge in [-0.3, -0.25) is 32.0 Å². The van der Waals surface area contributed by atoms with E-state index < -0.39 is 81.4 Å². The number of aliphatic hydroxyl groups is 3. The van der Waals surface area contributed by atoms with E-state index in [2.05, 4.69) is 49.7 Å². The third-order valence-electron chi connectivity index (χ3n) is 9.20. The van der Waals surface area contributed by atoms with Crippen LogP contribution in [0.2, 0.25) is 0 Å². The minimum Gasteiger partial charge on any atom is -0.396 e. The molecule has 4 N–H and O–H groups in total. The Balaban J connectivity index is 1.09. The number of imidazole rings is 1. The standard InChI is InChI=1S/C27H34N8O12P2S2/c36-6-2-5-33-11-32-24-17(25(33)39)31-12-35(24)27-21-18(37)14(44-27)8-42-48(40,50)46-20-15(9-43-49(41,51)47-21)45-26(19(20)38)34-7-13-3-1-4-28-22-16(13)23(34)30-10-29-22/h7,10-12,14-15,18-21,26-27,36-38H,1-6,8-9H2,(H,40,50)(H,41,51)(H,28,29,30)/t14-,15-,18-,19-,20-,21-,26-,27-,48?,49?/m1/s1. The summed E-state index contributed by atoms with van der Waals surface area (Å²) < 4.78 is 66.7. The smallest absolute Gasteiger partial charge is 0.386 e. The van der Waals surface area contributed by atoms with Crippen molar-refractivity contribution in [2.24, 2.45) is 0 Å². The van der Waals surface area contributed by atoms with Crippen LogP contribution in [0.15, 0.2) is 30.0 Å². The quantitative estimate of drug-likeness (QED) is 0.123. The molecule has 20 nitrogen and oxygen atoms in total. The molecule has 51 heavy (non-hydrogen) atoms. The fourth-order valence-corrected chi connectivity index (χ4v) is 9.76. The molecule has 2 unspecified atom stereocenters. The Morgan fingerprint density at radius 2 is 1.65 bits per heavy atom. The number of nitrogens with one attached hydrogen (secondary N) is 1. The Bertz CT molecular complexity index is 2120. The molecule has 4 aliphatic rings. The van der Waals surface area contributed by atoms with Gasteiger partial charge in [-0.05, 0) is 24.8 Å². The number of hydrogen-bond donors (Lipinski definition) is 6. The van der Waals surface area contributed by atoms with Gasteiger partial charge < -0.3 is 34.7 Å². The van der Waals surface area contributed by atoms with Gasteiger partial charge in [0.25, 0.3) is 5.56 Å². The van der Waals surface area contributed by atoms with Crippen molar-refractivity contribution >= 4 is 66.1 Å². The summed E-state index contributed by atoms with van der Waals surface area (Å²) in [4.78, 5) is 30.3. The minimum absolute atomic E-state index is 0.0313. The van der Waals surface area contributed by atoms with Crippen molar-refractivity contribution in [3.05, 3.63) is 41.1 Å². The van der Waals surface area contributed by atoms with Crippen LogP contribution in [0.1, 0.15) is 30.9 Å². The molecule has 10 atom stereocenters. The fourth-order valence-electron chi connectivity index (χ4n) is 6.81. The van der Waals surface area contributed by atoms with E-state index in [1.165, 1.54) is 28.1 Å². The number of fused-ring (bicyclic) bond motifs is 4. The molecular formula is C27H34N8O12P2S2. The van der Waals surface area contributed by atoms with Gasteiger partial charge in [-0.25, -0.2) is 29.1 Å². The minimum atomic E-state index is -4.37. The molecule has 0 saturated carbocycles. The SMILES string of the molecule is O=c1c2ncn([C@@H]3O[C@@H]4COP(=O)(S)O[C@H]5[C@@H](O)[C@H](n6cc7c8c(ncnc86)NCCC7)O[C@@H]5COP(=O)(S)O[C@@H]3[C@@H]4O)c2ncn1CCCO. The highest BCUT2D eigenvalue weighted by molar-refractivity contribution is 8.44. The summed E-state index contributed by atoms with van der Waals surface area (Å²) in [5.74, 6) is 0.647. The molecule has 0 radical (unpaired) electrons. The van der Waals surface area contributed by atoms with E-state index in [-0.39, 0.29) is 24.3 Å². The van der Waals surface area contributed by atoms with Crippen LogP contribution < -0.4 is 10.9 Å². The summed E-state index contributed by atoms with van der Waals surface area (Å²) in [5, 5.41) is 36.1. The van der Waals surface area contributed by atoms with Gasteiger partial charge in [0.15, 0.2) is 23.6 Å². The molecule has 24 heteroatoms. The lowest BCUT2D eigenvalue weighted by Crippen LogP contribution is -2.35. The number of nitrogens with zero attached hydrogens (tertiary/aromatic N) is 7. The normalized spacial score (nSPS) is 35.9. The predicted octanol–water partition coefficient (Wildman–Crippen LogP) is 1.19. The van der Waals surface area contributed by atoms with E-state index in [0.717, 1.165) is 30.3 Å². The molecule has 0 aliphatic carbocycles. The predicted molar refractivity (Wildman–Crippen MR) is 182 cm³/mol. The van der Waals surface area contributed by atoms with Gasteiger partial charge in [-0.1, -0.05) is 24.5 Å². The van der Waals surface area contributed by atoms with E-state index in [1.807, 2.05) is 0 Å². The van der Waals surface area contributed by atoms with Crippen LogP contribution in [0.4, 0.5) is 5.82 Å². The highest BCUT2D eigenvalue weighted by Crippen LogP contribution is 2.60. The second-order valence-corrected chi connectivity index (χ2v) is 18.2. The average Bonchev–Trinajstić information content (AvgIpc) is 3.80. The molecular weight excluding hydrogens is 754 g/mol. The third-order valence-corrected chi connectivity index (χ3v) is 12.4. The van der Waals surface area contributed by atoms with Crippen LogP contribution in [0.5, 0.6) is 0 Å². The van der Waals surface area contributed by atoms with E-state index in [0.29, 0.717) is 17.9 Å². The molecule has 276 valence electrons. The first-order valence-corrected chi connectivity index (χ1v) is 21.4. The van der Waals surface area contributed by atoms with Crippen molar-refractivity contribution in [1.29, 1.82) is 0 Å². The molecule has 0 aromatic carbocycles. The Morgan fingerprint density at radius 3 is 2.43 bits per heavy atom. The molecule has 2 bridgehead atoms. The summed E-state index contributed by atoms with van der Waals surface area (Å²) in [6.07, 6.45) is -3.14. The van der Waals surface area contributed by atoms with Crippen molar-refractivity contribution in [1.82, 2.24) is 33.6 Å². The van der Waals surface area contributed by atoms with Crippen molar-refractivity contribution in [3.8, 4) is 0 Å². The van der Waals surface area contributed by atoms with Gasteiger partial charge in [0.1, 0.15) is 60.7 Å². The van der Waals surface area contributed by atoms with Gasteiger partial charge in [0.2, 0.25) is 0 Å². The van der Waals surface area contributed by atoms with Gasteiger partial charge in [0, 0.05) is 25.9 Å². The Labute approximate surface area is 298 Å². The molecule has 4 aromatic heterocycles. The van der Waals surface area contributed by atoms with Gasteiger partial charge in [-0.2, -0.15) is 0 Å². The van der Waals surface area contributed by atoms with Crippen LogP contribution in [-0.4, -0.2) is 112 Å². The Hall–Kier alpha value is -2.43. The number of aromatic nitrogens is 7. The Morgan fingerprint density at radius 1 is 0.902 bits per heavy atom. The average molecular weight is 789 g/mol. The van der Waals surface area contributed by atoms with Gasteiger partial charge in [0.05, 0.1) is 24.9 Å². The van der Waals surface area contributed by atoms with Crippen molar-refractivity contribution < 1.29 is 52.0 Å². The molecule has 4 aromatic rings.